The maximum absolute atomic E-state index is 11.9. The molecule has 1 atom stereocenters. The molecule has 0 aromatic heterocycles. The Morgan fingerprint density at radius 3 is 2.25 bits per heavy atom. The molecule has 0 saturated carbocycles. The van der Waals surface area contributed by atoms with Crippen molar-refractivity contribution < 1.29 is 9.59 Å². The highest BCUT2D eigenvalue weighted by molar-refractivity contribution is 5.88. The van der Waals surface area contributed by atoms with E-state index in [0.717, 1.165) is 11.1 Å². The van der Waals surface area contributed by atoms with Crippen LogP contribution in [0.25, 0.3) is 0 Å². The average molecular weight is 277 g/mol. The molecule has 1 rings (SSSR count). The normalized spacial score (nSPS) is 11.8. The zero-order valence-corrected chi connectivity index (χ0v) is 12.3. The van der Waals surface area contributed by atoms with Crippen LogP contribution in [0.15, 0.2) is 24.3 Å². The summed E-state index contributed by atoms with van der Waals surface area (Å²) >= 11 is 0. The molecule has 0 saturated heterocycles. The number of rotatable bonds is 6. The lowest BCUT2D eigenvalue weighted by molar-refractivity contribution is -0.132. The van der Waals surface area contributed by atoms with Gasteiger partial charge in [0.05, 0.1) is 6.54 Å². The van der Waals surface area contributed by atoms with Gasteiger partial charge in [-0.05, 0) is 26.3 Å². The fraction of sp³-hybridized carbons (Fsp3) is 0.467. The third-order valence-electron chi connectivity index (χ3n) is 3.25. The van der Waals surface area contributed by atoms with Crippen molar-refractivity contribution in [3.63, 3.8) is 0 Å². The monoisotopic (exact) mass is 277 g/mol. The fourth-order valence-electron chi connectivity index (χ4n) is 1.89. The minimum atomic E-state index is -0.750. The number of aryl methyl sites for hydroxylation is 1. The minimum Gasteiger partial charge on any atom is -0.345 e. The summed E-state index contributed by atoms with van der Waals surface area (Å²) in [5.74, 6) is -0.436. The zero-order chi connectivity index (χ0) is 15.1. The van der Waals surface area contributed by atoms with Crippen molar-refractivity contribution in [3.05, 3.63) is 35.4 Å². The average Bonchev–Trinajstić information content (AvgIpc) is 2.46. The highest BCUT2D eigenvalue weighted by Gasteiger charge is 2.17. The van der Waals surface area contributed by atoms with Gasteiger partial charge in [0.25, 0.3) is 0 Å². The molecule has 1 unspecified atom stereocenters. The van der Waals surface area contributed by atoms with Crippen molar-refractivity contribution >= 4 is 11.8 Å². The molecule has 0 aliphatic rings. The Labute approximate surface area is 120 Å². The van der Waals surface area contributed by atoms with E-state index in [9.17, 15) is 9.59 Å². The number of amides is 2. The summed E-state index contributed by atoms with van der Waals surface area (Å²) < 4.78 is 0. The third-order valence-corrected chi connectivity index (χ3v) is 3.25. The van der Waals surface area contributed by atoms with Crippen LogP contribution in [0.2, 0.25) is 0 Å². The SMILES string of the molecule is CCN(CC)C(=O)CNC(=O)C(N)c1ccc(C)cc1. The molecule has 0 heterocycles. The molecular formula is C15H23N3O2. The van der Waals surface area contributed by atoms with E-state index in [1.807, 2.05) is 45.0 Å². The second kappa shape index (κ2) is 7.65. The summed E-state index contributed by atoms with van der Waals surface area (Å²) in [5, 5.41) is 2.59. The molecule has 0 fully saturated rings. The van der Waals surface area contributed by atoms with Crippen molar-refractivity contribution in [3.8, 4) is 0 Å². The molecule has 5 heteroatoms. The molecule has 0 bridgehead atoms. The van der Waals surface area contributed by atoms with E-state index >= 15 is 0 Å². The first kappa shape index (κ1) is 16.2. The molecule has 0 aliphatic carbocycles. The van der Waals surface area contributed by atoms with Crippen LogP contribution in [0.3, 0.4) is 0 Å². The molecule has 5 nitrogen and oxygen atoms in total. The number of hydrogen-bond acceptors (Lipinski definition) is 3. The highest BCUT2D eigenvalue weighted by atomic mass is 16.2. The lowest BCUT2D eigenvalue weighted by atomic mass is 10.1. The van der Waals surface area contributed by atoms with E-state index in [1.54, 1.807) is 4.90 Å². The lowest BCUT2D eigenvalue weighted by Gasteiger charge is -2.19. The standard InChI is InChI=1S/C15H23N3O2/c1-4-18(5-2)13(19)10-17-15(20)14(16)12-8-6-11(3)7-9-12/h6-9,14H,4-5,10,16H2,1-3H3,(H,17,20). The quantitative estimate of drug-likeness (QED) is 0.814. The van der Waals surface area contributed by atoms with Crippen molar-refractivity contribution in [2.45, 2.75) is 26.8 Å². The fourth-order valence-corrected chi connectivity index (χ4v) is 1.89. The first-order chi connectivity index (χ1) is 9.49. The van der Waals surface area contributed by atoms with Gasteiger partial charge >= 0.3 is 0 Å². The van der Waals surface area contributed by atoms with Gasteiger partial charge in [0.2, 0.25) is 11.8 Å². The van der Waals surface area contributed by atoms with Crippen LogP contribution >= 0.6 is 0 Å². The van der Waals surface area contributed by atoms with E-state index in [0.29, 0.717) is 13.1 Å². The van der Waals surface area contributed by atoms with Gasteiger partial charge in [-0.15, -0.1) is 0 Å². The summed E-state index contributed by atoms with van der Waals surface area (Å²) in [6.07, 6.45) is 0. The van der Waals surface area contributed by atoms with E-state index in [-0.39, 0.29) is 18.4 Å². The predicted octanol–water partition coefficient (Wildman–Crippen LogP) is 0.979. The number of nitrogens with one attached hydrogen (secondary N) is 1. The molecule has 20 heavy (non-hydrogen) atoms. The second-order valence-corrected chi connectivity index (χ2v) is 4.67. The molecule has 2 amide bonds. The first-order valence-electron chi connectivity index (χ1n) is 6.87. The van der Waals surface area contributed by atoms with Crippen molar-refractivity contribution in [1.82, 2.24) is 10.2 Å². The summed E-state index contributed by atoms with van der Waals surface area (Å²) in [5.41, 5.74) is 7.73. The molecule has 1 aromatic rings. The number of hydrogen-bond donors (Lipinski definition) is 2. The Morgan fingerprint density at radius 1 is 1.20 bits per heavy atom. The number of carbonyl (C=O) groups is 2. The van der Waals surface area contributed by atoms with Crippen molar-refractivity contribution in [2.24, 2.45) is 5.73 Å². The highest BCUT2D eigenvalue weighted by Crippen LogP contribution is 2.11. The third kappa shape index (κ3) is 4.35. The lowest BCUT2D eigenvalue weighted by Crippen LogP contribution is -2.42. The van der Waals surface area contributed by atoms with E-state index in [2.05, 4.69) is 5.32 Å². The second-order valence-electron chi connectivity index (χ2n) is 4.67. The summed E-state index contributed by atoms with van der Waals surface area (Å²) in [4.78, 5) is 25.4. The summed E-state index contributed by atoms with van der Waals surface area (Å²) in [6, 6.07) is 6.71. The van der Waals surface area contributed by atoms with Crippen LogP contribution in [-0.4, -0.2) is 36.3 Å². The molecular weight excluding hydrogens is 254 g/mol. The predicted molar refractivity (Wildman–Crippen MR) is 79.0 cm³/mol. The Kier molecular flexibility index (Phi) is 6.18. The van der Waals surface area contributed by atoms with Crippen LogP contribution in [0, 0.1) is 6.92 Å². The van der Waals surface area contributed by atoms with Gasteiger partial charge in [0.1, 0.15) is 6.04 Å². The topological polar surface area (TPSA) is 75.4 Å². The molecule has 0 radical (unpaired) electrons. The van der Waals surface area contributed by atoms with E-state index < -0.39 is 6.04 Å². The van der Waals surface area contributed by atoms with Crippen LogP contribution in [0.5, 0.6) is 0 Å². The first-order valence-corrected chi connectivity index (χ1v) is 6.87. The minimum absolute atomic E-state index is 0.0138. The van der Waals surface area contributed by atoms with Crippen molar-refractivity contribution in [1.29, 1.82) is 0 Å². The molecule has 1 aromatic carbocycles. The van der Waals surface area contributed by atoms with E-state index in [4.69, 9.17) is 5.73 Å². The Hall–Kier alpha value is -1.88. The zero-order valence-electron chi connectivity index (χ0n) is 12.3. The van der Waals surface area contributed by atoms with Gasteiger partial charge in [-0.25, -0.2) is 0 Å². The Bertz CT molecular complexity index is 453. The van der Waals surface area contributed by atoms with Gasteiger partial charge in [0.15, 0.2) is 0 Å². The van der Waals surface area contributed by atoms with Crippen molar-refractivity contribution in [2.75, 3.05) is 19.6 Å². The van der Waals surface area contributed by atoms with Crippen LogP contribution in [0.4, 0.5) is 0 Å². The van der Waals surface area contributed by atoms with Crippen LogP contribution < -0.4 is 11.1 Å². The summed E-state index contributed by atoms with van der Waals surface area (Å²) in [6.45, 7) is 7.03. The van der Waals surface area contributed by atoms with Crippen LogP contribution in [0.1, 0.15) is 31.0 Å². The molecule has 0 spiro atoms. The Morgan fingerprint density at radius 2 is 1.75 bits per heavy atom. The number of nitrogens with zero attached hydrogens (tertiary/aromatic N) is 1. The maximum atomic E-state index is 11.9. The van der Waals surface area contributed by atoms with Gasteiger partial charge in [-0.1, -0.05) is 29.8 Å². The van der Waals surface area contributed by atoms with Gasteiger partial charge < -0.3 is 16.0 Å². The van der Waals surface area contributed by atoms with Crippen LogP contribution in [-0.2, 0) is 9.59 Å². The van der Waals surface area contributed by atoms with Gasteiger partial charge in [0, 0.05) is 13.1 Å². The molecule has 110 valence electrons. The smallest absolute Gasteiger partial charge is 0.241 e. The number of nitrogens with two attached hydrogens (primary N) is 1. The van der Waals surface area contributed by atoms with Gasteiger partial charge in [-0.2, -0.15) is 0 Å². The van der Waals surface area contributed by atoms with Gasteiger partial charge in [-0.3, -0.25) is 9.59 Å². The van der Waals surface area contributed by atoms with E-state index in [1.165, 1.54) is 0 Å². The molecule has 0 aliphatic heterocycles. The summed E-state index contributed by atoms with van der Waals surface area (Å²) in [7, 11) is 0. The number of carbonyl (C=O) groups excluding carboxylic acids is 2. The number of likely N-dealkylation sites (N-methyl/N-ethyl adjacent to an activating group) is 1. The molecule has 3 N–H and O–H groups in total. The Balaban J connectivity index is 2.54. The largest absolute Gasteiger partial charge is 0.345 e. The maximum Gasteiger partial charge on any atom is 0.241 e. The number of benzene rings is 1.